The minimum Gasteiger partial charge on any atom is -0.355 e. The molecule has 0 aromatic carbocycles. The van der Waals surface area contributed by atoms with Crippen molar-refractivity contribution in [1.29, 1.82) is 5.26 Å². The van der Waals surface area contributed by atoms with Crippen LogP contribution in [0, 0.1) is 17.2 Å². The maximum atomic E-state index is 11.7. The Balaban J connectivity index is 1.69. The van der Waals surface area contributed by atoms with Crippen LogP contribution in [0.5, 0.6) is 0 Å². The normalized spacial score (nSPS) is 23.3. The number of carbonyl (C=O) groups excluding carboxylic acids is 1. The van der Waals surface area contributed by atoms with Crippen LogP contribution in [-0.2, 0) is 4.79 Å². The molecule has 1 amide bonds. The highest BCUT2D eigenvalue weighted by molar-refractivity contribution is 8.00. The van der Waals surface area contributed by atoms with Crippen molar-refractivity contribution in [3.8, 4) is 6.07 Å². The summed E-state index contributed by atoms with van der Waals surface area (Å²) in [5.74, 6) is 0.869. The van der Waals surface area contributed by atoms with E-state index in [0.29, 0.717) is 6.54 Å². The molecule has 0 spiro atoms. The molecule has 1 saturated heterocycles. The molecule has 2 fully saturated rings. The molecule has 0 aromatic heterocycles. The Hall–Kier alpha value is -0.730. The molecule has 0 bridgehead atoms. The summed E-state index contributed by atoms with van der Waals surface area (Å²) in [6.45, 7) is 3.04. The molecule has 18 heavy (non-hydrogen) atoms. The molecule has 1 aliphatic carbocycles. The Morgan fingerprint density at radius 3 is 2.67 bits per heavy atom. The lowest BCUT2D eigenvalue weighted by molar-refractivity contribution is -0.122. The maximum absolute atomic E-state index is 11.7. The van der Waals surface area contributed by atoms with E-state index in [2.05, 4.69) is 16.3 Å². The summed E-state index contributed by atoms with van der Waals surface area (Å²) in [5, 5.41) is 12.2. The number of amides is 1. The molecular formula is C13H21N3OS. The van der Waals surface area contributed by atoms with E-state index in [4.69, 9.17) is 0 Å². The van der Waals surface area contributed by atoms with Crippen LogP contribution >= 0.6 is 11.8 Å². The molecule has 1 N–H and O–H groups in total. The molecule has 100 valence electrons. The molecule has 0 unspecified atom stereocenters. The number of carbonyl (C=O) groups is 1. The van der Waals surface area contributed by atoms with Gasteiger partial charge in [-0.1, -0.05) is 0 Å². The van der Waals surface area contributed by atoms with Gasteiger partial charge < -0.3 is 5.32 Å². The van der Waals surface area contributed by atoms with Crippen LogP contribution < -0.4 is 5.32 Å². The Kier molecular flexibility index (Phi) is 4.52. The molecule has 2 rings (SSSR count). The number of nitrogens with zero attached hydrogens (tertiary/aromatic N) is 2. The first-order valence-electron chi connectivity index (χ1n) is 6.63. The highest BCUT2D eigenvalue weighted by Gasteiger charge is 2.34. The van der Waals surface area contributed by atoms with Crippen molar-refractivity contribution in [2.24, 2.45) is 5.92 Å². The molecule has 0 atom stereocenters. The third-order valence-electron chi connectivity index (χ3n) is 3.91. The summed E-state index contributed by atoms with van der Waals surface area (Å²) >= 11 is 1.65. The van der Waals surface area contributed by atoms with Crippen molar-refractivity contribution in [2.45, 2.75) is 30.4 Å². The van der Waals surface area contributed by atoms with Crippen molar-refractivity contribution in [3.05, 3.63) is 0 Å². The van der Waals surface area contributed by atoms with E-state index in [9.17, 15) is 10.1 Å². The molecular weight excluding hydrogens is 246 g/mol. The van der Waals surface area contributed by atoms with Crippen molar-refractivity contribution in [3.63, 3.8) is 0 Å². The van der Waals surface area contributed by atoms with E-state index in [1.54, 1.807) is 11.8 Å². The highest BCUT2D eigenvalue weighted by atomic mass is 32.2. The summed E-state index contributed by atoms with van der Waals surface area (Å²) in [7, 11) is 0. The number of nitriles is 1. The number of hydrogen-bond donors (Lipinski definition) is 1. The SMILES string of the molecule is CSC1(C#N)CCN(CC(=O)NCC2CC2)CC1. The zero-order valence-electron chi connectivity index (χ0n) is 10.9. The maximum Gasteiger partial charge on any atom is 0.234 e. The predicted molar refractivity (Wildman–Crippen MR) is 73.3 cm³/mol. The zero-order valence-corrected chi connectivity index (χ0v) is 11.8. The van der Waals surface area contributed by atoms with Crippen LogP contribution in [0.1, 0.15) is 25.7 Å². The molecule has 0 aromatic rings. The Morgan fingerprint density at radius 1 is 1.50 bits per heavy atom. The van der Waals surface area contributed by atoms with Gasteiger partial charge in [0.1, 0.15) is 4.75 Å². The fourth-order valence-electron chi connectivity index (χ4n) is 2.27. The van der Waals surface area contributed by atoms with E-state index in [1.807, 2.05) is 6.26 Å². The smallest absolute Gasteiger partial charge is 0.234 e. The minimum atomic E-state index is -0.221. The summed E-state index contributed by atoms with van der Waals surface area (Å²) < 4.78 is -0.221. The first-order valence-corrected chi connectivity index (χ1v) is 7.85. The second kappa shape index (κ2) is 5.94. The predicted octanol–water partition coefficient (Wildman–Crippen LogP) is 1.23. The van der Waals surface area contributed by atoms with E-state index in [0.717, 1.165) is 38.4 Å². The van der Waals surface area contributed by atoms with Crippen molar-refractivity contribution in [2.75, 3.05) is 32.4 Å². The van der Waals surface area contributed by atoms with Crippen LogP contribution in [0.2, 0.25) is 0 Å². The number of hydrogen-bond acceptors (Lipinski definition) is 4. The topological polar surface area (TPSA) is 56.1 Å². The molecule has 5 heteroatoms. The average molecular weight is 267 g/mol. The number of thioether (sulfide) groups is 1. The molecule has 1 heterocycles. The minimum absolute atomic E-state index is 0.135. The van der Waals surface area contributed by atoms with Crippen LogP contribution in [0.25, 0.3) is 0 Å². The second-order valence-corrected chi connectivity index (χ2v) is 6.52. The quantitative estimate of drug-likeness (QED) is 0.814. The fraction of sp³-hybridized carbons (Fsp3) is 0.846. The fourth-order valence-corrected chi connectivity index (χ4v) is 2.96. The molecule has 1 aliphatic heterocycles. The van der Waals surface area contributed by atoms with Gasteiger partial charge in [0.2, 0.25) is 5.91 Å². The van der Waals surface area contributed by atoms with E-state index >= 15 is 0 Å². The Bertz CT molecular complexity index is 341. The Labute approximate surface area is 113 Å². The number of rotatable bonds is 5. The van der Waals surface area contributed by atoms with Gasteiger partial charge in [0.15, 0.2) is 0 Å². The van der Waals surface area contributed by atoms with Crippen molar-refractivity contribution < 1.29 is 4.79 Å². The van der Waals surface area contributed by atoms with Gasteiger partial charge in [-0.05, 0) is 37.9 Å². The summed E-state index contributed by atoms with van der Waals surface area (Å²) in [4.78, 5) is 13.9. The summed E-state index contributed by atoms with van der Waals surface area (Å²) in [6.07, 6.45) is 6.26. The average Bonchev–Trinajstić information content (AvgIpc) is 3.22. The molecule has 1 saturated carbocycles. The van der Waals surface area contributed by atoms with Crippen molar-refractivity contribution >= 4 is 17.7 Å². The standard InChI is InChI=1S/C13H21N3OS/c1-18-13(10-14)4-6-16(7-5-13)9-12(17)15-8-11-2-3-11/h11H,2-9H2,1H3,(H,15,17). The highest BCUT2D eigenvalue weighted by Crippen LogP contribution is 2.33. The van der Waals surface area contributed by atoms with Gasteiger partial charge in [-0.3, -0.25) is 9.69 Å². The summed E-state index contributed by atoms with van der Waals surface area (Å²) in [6, 6.07) is 2.43. The van der Waals surface area contributed by atoms with Gasteiger partial charge >= 0.3 is 0 Å². The second-order valence-electron chi connectivity index (χ2n) is 5.33. The van der Waals surface area contributed by atoms with Gasteiger partial charge in [-0.25, -0.2) is 0 Å². The van der Waals surface area contributed by atoms with Crippen LogP contribution in [0.4, 0.5) is 0 Å². The lowest BCUT2D eigenvalue weighted by Crippen LogP contribution is -2.46. The van der Waals surface area contributed by atoms with Crippen LogP contribution in [0.15, 0.2) is 0 Å². The zero-order chi connectivity index (χ0) is 13.0. The van der Waals surface area contributed by atoms with E-state index in [-0.39, 0.29) is 10.7 Å². The van der Waals surface area contributed by atoms with Gasteiger partial charge in [-0.2, -0.15) is 5.26 Å². The Morgan fingerprint density at radius 2 is 2.17 bits per heavy atom. The third-order valence-corrected chi connectivity index (χ3v) is 5.19. The van der Waals surface area contributed by atoms with Gasteiger partial charge in [0, 0.05) is 19.6 Å². The van der Waals surface area contributed by atoms with Crippen LogP contribution in [0.3, 0.4) is 0 Å². The molecule has 0 radical (unpaired) electrons. The lowest BCUT2D eigenvalue weighted by Gasteiger charge is -2.35. The third kappa shape index (κ3) is 3.63. The first kappa shape index (κ1) is 13.7. The van der Waals surface area contributed by atoms with Gasteiger partial charge in [-0.15, -0.1) is 11.8 Å². The lowest BCUT2D eigenvalue weighted by atomic mass is 9.97. The number of nitrogens with one attached hydrogen (secondary N) is 1. The summed E-state index contributed by atoms with van der Waals surface area (Å²) in [5.41, 5.74) is 0. The molecule has 4 nitrogen and oxygen atoms in total. The first-order chi connectivity index (χ1) is 8.67. The largest absolute Gasteiger partial charge is 0.355 e. The van der Waals surface area contributed by atoms with E-state index < -0.39 is 0 Å². The number of likely N-dealkylation sites (tertiary alicyclic amines) is 1. The number of piperidine rings is 1. The molecule has 2 aliphatic rings. The van der Waals surface area contributed by atoms with E-state index in [1.165, 1.54) is 12.8 Å². The van der Waals surface area contributed by atoms with Crippen molar-refractivity contribution in [1.82, 2.24) is 10.2 Å². The van der Waals surface area contributed by atoms with Gasteiger partial charge in [0.25, 0.3) is 0 Å². The van der Waals surface area contributed by atoms with Gasteiger partial charge in [0.05, 0.1) is 12.6 Å². The van der Waals surface area contributed by atoms with Crippen LogP contribution in [-0.4, -0.2) is 48.0 Å². The monoisotopic (exact) mass is 267 g/mol.